The second kappa shape index (κ2) is 5.51. The zero-order valence-corrected chi connectivity index (χ0v) is 10.3. The number of nitro groups is 1. The molecule has 18 heavy (non-hydrogen) atoms. The zero-order chi connectivity index (χ0) is 13.1. The Balaban J connectivity index is 2.21. The summed E-state index contributed by atoms with van der Waals surface area (Å²) in [4.78, 5) is 9.74. The maximum atomic E-state index is 13.5. The first-order chi connectivity index (χ1) is 8.58. The fraction of sp³-hybridized carbons (Fsp3) is 0.455. The number of nitrogens with zero attached hydrogens (tertiary/aromatic N) is 1. The van der Waals surface area contributed by atoms with Gasteiger partial charge in [0.15, 0.2) is 0 Å². The molecule has 0 radical (unpaired) electrons. The molecule has 0 atom stereocenters. The fourth-order valence-electron chi connectivity index (χ4n) is 1.85. The van der Waals surface area contributed by atoms with Crippen LogP contribution < -0.4 is 5.32 Å². The number of nitrogens with one attached hydrogen (secondary N) is 1. The van der Waals surface area contributed by atoms with Crippen LogP contribution in [-0.2, 0) is 0 Å². The van der Waals surface area contributed by atoms with Crippen LogP contribution in [0, 0.1) is 21.7 Å². The first-order valence-electron chi connectivity index (χ1n) is 5.55. The lowest BCUT2D eigenvalue weighted by molar-refractivity contribution is -0.387. The molecule has 4 nitrogen and oxygen atoms in total. The maximum absolute atomic E-state index is 13.5. The average molecular weight is 274 g/mol. The molecule has 1 aliphatic rings. The lowest BCUT2D eigenvalue weighted by atomic mass is 10.1. The minimum absolute atomic E-state index is 0.000000000000000222. The second-order valence-electron chi connectivity index (χ2n) is 4.07. The van der Waals surface area contributed by atoms with Crippen molar-refractivity contribution >= 4 is 23.1 Å². The summed E-state index contributed by atoms with van der Waals surface area (Å²) in [7, 11) is 0. The number of hydrogen-bond acceptors (Lipinski definition) is 4. The number of anilines is 1. The van der Waals surface area contributed by atoms with Gasteiger partial charge >= 0.3 is 5.69 Å². The van der Waals surface area contributed by atoms with Crippen molar-refractivity contribution in [3.05, 3.63) is 33.9 Å². The molecule has 1 aromatic carbocycles. The van der Waals surface area contributed by atoms with E-state index in [0.29, 0.717) is 6.07 Å². The predicted molar refractivity (Wildman–Crippen MR) is 67.0 cm³/mol. The van der Waals surface area contributed by atoms with E-state index in [1.165, 1.54) is 0 Å². The third-order valence-corrected chi connectivity index (χ3v) is 3.86. The third kappa shape index (κ3) is 2.90. The Morgan fingerprint density at radius 3 is 2.56 bits per heavy atom. The normalized spacial score (nSPS) is 16.6. The van der Waals surface area contributed by atoms with Gasteiger partial charge in [0, 0.05) is 18.2 Å². The van der Waals surface area contributed by atoms with Gasteiger partial charge in [0.25, 0.3) is 0 Å². The van der Waals surface area contributed by atoms with Crippen LogP contribution in [0.25, 0.3) is 0 Å². The quantitative estimate of drug-likeness (QED) is 0.679. The van der Waals surface area contributed by atoms with Crippen molar-refractivity contribution in [1.29, 1.82) is 0 Å². The summed E-state index contributed by atoms with van der Waals surface area (Å²) in [6.45, 7) is 0. The highest BCUT2D eigenvalue weighted by Crippen LogP contribution is 2.27. The first kappa shape index (κ1) is 13.1. The molecule has 1 aliphatic heterocycles. The van der Waals surface area contributed by atoms with E-state index in [2.05, 4.69) is 5.32 Å². The van der Waals surface area contributed by atoms with E-state index >= 15 is 0 Å². The molecule has 0 aliphatic carbocycles. The molecule has 7 heteroatoms. The van der Waals surface area contributed by atoms with Gasteiger partial charge in [-0.25, -0.2) is 4.39 Å². The predicted octanol–water partition coefficient (Wildman–Crippen LogP) is 3.18. The Morgan fingerprint density at radius 2 is 1.94 bits per heavy atom. The Morgan fingerprint density at radius 1 is 1.28 bits per heavy atom. The average Bonchev–Trinajstić information content (AvgIpc) is 2.33. The lowest BCUT2D eigenvalue weighted by Crippen LogP contribution is -2.25. The van der Waals surface area contributed by atoms with Crippen molar-refractivity contribution in [1.82, 2.24) is 0 Å². The summed E-state index contributed by atoms with van der Waals surface area (Å²) in [5.74, 6) is 0.00379. The van der Waals surface area contributed by atoms with Crippen molar-refractivity contribution in [3.63, 3.8) is 0 Å². The molecule has 0 spiro atoms. The molecule has 2 rings (SSSR count). The first-order valence-corrected chi connectivity index (χ1v) is 6.71. The fourth-order valence-corrected chi connectivity index (χ4v) is 2.96. The molecular formula is C11H12F2N2O2S. The minimum Gasteiger partial charge on any atom is -0.380 e. The van der Waals surface area contributed by atoms with Crippen LogP contribution in [0.5, 0.6) is 0 Å². The highest BCUT2D eigenvalue weighted by Gasteiger charge is 2.21. The summed E-state index contributed by atoms with van der Waals surface area (Å²) in [5.41, 5.74) is -0.705. The van der Waals surface area contributed by atoms with Gasteiger partial charge in [0.2, 0.25) is 5.82 Å². The molecule has 98 valence electrons. The molecular weight excluding hydrogens is 262 g/mol. The van der Waals surface area contributed by atoms with E-state index < -0.39 is 22.2 Å². The highest BCUT2D eigenvalue weighted by molar-refractivity contribution is 7.99. The molecule has 1 aromatic rings. The smallest absolute Gasteiger partial charge is 0.307 e. The van der Waals surface area contributed by atoms with E-state index in [1.54, 1.807) is 0 Å². The van der Waals surface area contributed by atoms with Crippen LogP contribution in [-0.4, -0.2) is 22.5 Å². The largest absolute Gasteiger partial charge is 0.380 e. The molecule has 1 heterocycles. The molecule has 0 aromatic heterocycles. The summed E-state index contributed by atoms with van der Waals surface area (Å²) in [5, 5.41) is 13.5. The van der Waals surface area contributed by atoms with Crippen LogP contribution in [0.2, 0.25) is 0 Å². The van der Waals surface area contributed by atoms with Gasteiger partial charge in [-0.3, -0.25) is 10.1 Å². The van der Waals surface area contributed by atoms with Gasteiger partial charge in [-0.15, -0.1) is 0 Å². The topological polar surface area (TPSA) is 55.2 Å². The van der Waals surface area contributed by atoms with Crippen molar-refractivity contribution in [2.75, 3.05) is 16.8 Å². The van der Waals surface area contributed by atoms with Crippen LogP contribution in [0.4, 0.5) is 20.2 Å². The van der Waals surface area contributed by atoms with Crippen molar-refractivity contribution < 1.29 is 13.7 Å². The molecule has 0 saturated carbocycles. The highest BCUT2D eigenvalue weighted by atomic mass is 32.2. The lowest BCUT2D eigenvalue weighted by Gasteiger charge is -2.23. The van der Waals surface area contributed by atoms with E-state index in [0.717, 1.165) is 30.4 Å². The Labute approximate surface area is 107 Å². The summed E-state index contributed by atoms with van der Waals surface area (Å²) >= 11 is 1.82. The van der Waals surface area contributed by atoms with E-state index in [-0.39, 0.29) is 11.7 Å². The van der Waals surface area contributed by atoms with E-state index in [1.807, 2.05) is 11.8 Å². The van der Waals surface area contributed by atoms with Crippen molar-refractivity contribution in [3.8, 4) is 0 Å². The van der Waals surface area contributed by atoms with Crippen molar-refractivity contribution in [2.45, 2.75) is 18.9 Å². The van der Waals surface area contributed by atoms with Gasteiger partial charge in [0.05, 0.1) is 10.6 Å². The van der Waals surface area contributed by atoms with Crippen molar-refractivity contribution in [2.24, 2.45) is 0 Å². The standard InChI is InChI=1S/C11H12F2N2O2S/c12-8-5-9(13)11(15(16)17)6-10(8)14-7-1-3-18-4-2-7/h5-7,14H,1-4H2. The van der Waals surface area contributed by atoms with Gasteiger partial charge in [-0.1, -0.05) is 0 Å². The van der Waals surface area contributed by atoms with E-state index in [9.17, 15) is 18.9 Å². The van der Waals surface area contributed by atoms with Crippen LogP contribution in [0.15, 0.2) is 12.1 Å². The number of thioether (sulfide) groups is 1. The Hall–Kier alpha value is -1.37. The Kier molecular flexibility index (Phi) is 4.00. The van der Waals surface area contributed by atoms with Gasteiger partial charge in [-0.05, 0) is 24.3 Å². The SMILES string of the molecule is O=[N+]([O-])c1cc(NC2CCSCC2)c(F)cc1F. The molecule has 0 amide bonds. The Bertz CT molecular complexity index is 465. The number of benzene rings is 1. The second-order valence-corrected chi connectivity index (χ2v) is 5.30. The molecule has 0 bridgehead atoms. The van der Waals surface area contributed by atoms with Gasteiger partial charge < -0.3 is 5.32 Å². The van der Waals surface area contributed by atoms with Gasteiger partial charge in [-0.2, -0.15) is 16.2 Å². The van der Waals surface area contributed by atoms with Crippen LogP contribution >= 0.6 is 11.8 Å². The van der Waals surface area contributed by atoms with Crippen LogP contribution in [0.3, 0.4) is 0 Å². The van der Waals surface area contributed by atoms with E-state index in [4.69, 9.17) is 0 Å². The van der Waals surface area contributed by atoms with Gasteiger partial charge in [0.1, 0.15) is 5.82 Å². The minimum atomic E-state index is -1.15. The maximum Gasteiger partial charge on any atom is 0.307 e. The zero-order valence-electron chi connectivity index (χ0n) is 9.49. The molecule has 0 unspecified atom stereocenters. The summed E-state index contributed by atoms with van der Waals surface area (Å²) in [6, 6.07) is 1.57. The summed E-state index contributed by atoms with van der Waals surface area (Å²) < 4.78 is 26.7. The third-order valence-electron chi connectivity index (χ3n) is 2.81. The monoisotopic (exact) mass is 274 g/mol. The number of nitro benzene ring substituents is 1. The summed E-state index contributed by atoms with van der Waals surface area (Å²) in [6.07, 6.45) is 1.74. The van der Waals surface area contributed by atoms with Crippen LogP contribution in [0.1, 0.15) is 12.8 Å². The number of rotatable bonds is 3. The molecule has 1 N–H and O–H groups in total. The number of halogens is 2. The number of hydrogen-bond donors (Lipinski definition) is 1. The molecule has 1 fully saturated rings. The molecule has 1 saturated heterocycles.